The van der Waals surface area contributed by atoms with Crippen molar-refractivity contribution in [3.63, 3.8) is 0 Å². The molecular weight excluding hydrogens is 501 g/mol. The molecule has 0 bridgehead atoms. The van der Waals surface area contributed by atoms with Gasteiger partial charge in [-0.05, 0) is 42.5 Å². The molecule has 1 N–H and O–H groups in total. The summed E-state index contributed by atoms with van der Waals surface area (Å²) in [5, 5.41) is 8.10. The Hall–Kier alpha value is -1.77. The number of benzene rings is 1. The van der Waals surface area contributed by atoms with Gasteiger partial charge in [-0.2, -0.15) is 5.10 Å². The number of likely N-dealkylation sites (tertiary alicyclic amines) is 1. The minimum atomic E-state index is 0. The molecule has 2 fully saturated rings. The normalized spacial score (nSPS) is 20.9. The Morgan fingerprint density at radius 3 is 2.58 bits per heavy atom. The van der Waals surface area contributed by atoms with Crippen LogP contribution in [0.15, 0.2) is 41.7 Å². The maximum atomic E-state index is 5.37. The van der Waals surface area contributed by atoms with E-state index in [0.29, 0.717) is 5.92 Å². The molecule has 1 saturated carbocycles. The largest absolute Gasteiger partial charge is 0.497 e. The van der Waals surface area contributed by atoms with Crippen LogP contribution in [0.5, 0.6) is 5.75 Å². The van der Waals surface area contributed by atoms with E-state index in [1.807, 2.05) is 25.0 Å². The van der Waals surface area contributed by atoms with Gasteiger partial charge >= 0.3 is 0 Å². The molecule has 1 saturated heterocycles. The lowest BCUT2D eigenvalue weighted by molar-refractivity contribution is 0.288. The summed E-state index contributed by atoms with van der Waals surface area (Å²) in [5.41, 5.74) is 2.92. The van der Waals surface area contributed by atoms with E-state index in [4.69, 9.17) is 4.74 Å². The first-order valence-electron chi connectivity index (χ1n) is 11.2. The Bertz CT molecular complexity index is 857. The van der Waals surface area contributed by atoms with Gasteiger partial charge in [0.2, 0.25) is 0 Å². The molecule has 31 heavy (non-hydrogen) atoms. The van der Waals surface area contributed by atoms with E-state index in [1.165, 1.54) is 43.2 Å². The van der Waals surface area contributed by atoms with Crippen LogP contribution in [0.3, 0.4) is 0 Å². The molecule has 2 aliphatic rings. The fourth-order valence-electron chi connectivity index (χ4n) is 5.20. The summed E-state index contributed by atoms with van der Waals surface area (Å²) in [5.74, 6) is 2.48. The third-order valence-electron chi connectivity index (χ3n) is 6.99. The molecule has 4 rings (SSSR count). The first-order chi connectivity index (χ1) is 14.6. The first-order valence-corrected chi connectivity index (χ1v) is 11.2. The van der Waals surface area contributed by atoms with Gasteiger partial charge in [0.05, 0.1) is 13.3 Å². The van der Waals surface area contributed by atoms with Gasteiger partial charge in [0.15, 0.2) is 5.96 Å². The minimum absolute atomic E-state index is 0. The van der Waals surface area contributed by atoms with Crippen LogP contribution in [0.4, 0.5) is 0 Å². The molecule has 2 aromatic rings. The van der Waals surface area contributed by atoms with Gasteiger partial charge in [-0.15, -0.1) is 24.0 Å². The van der Waals surface area contributed by atoms with Crippen molar-refractivity contribution in [3.05, 3.63) is 47.8 Å². The van der Waals surface area contributed by atoms with Crippen molar-refractivity contribution >= 4 is 29.9 Å². The van der Waals surface area contributed by atoms with Crippen molar-refractivity contribution in [2.75, 3.05) is 33.8 Å². The number of nitrogens with zero attached hydrogens (tertiary/aromatic N) is 4. The molecule has 2 heterocycles. The van der Waals surface area contributed by atoms with Gasteiger partial charge < -0.3 is 15.0 Å². The zero-order valence-electron chi connectivity index (χ0n) is 19.0. The number of nitrogens with one attached hydrogen (secondary N) is 1. The second-order valence-electron chi connectivity index (χ2n) is 8.85. The Balaban J connectivity index is 0.00000272. The molecule has 1 aromatic heterocycles. The van der Waals surface area contributed by atoms with E-state index >= 15 is 0 Å². The smallest absolute Gasteiger partial charge is 0.193 e. The minimum Gasteiger partial charge on any atom is -0.497 e. The zero-order valence-corrected chi connectivity index (χ0v) is 21.3. The number of aromatic nitrogens is 2. The predicted molar refractivity (Wildman–Crippen MR) is 137 cm³/mol. The maximum absolute atomic E-state index is 5.37. The van der Waals surface area contributed by atoms with Crippen molar-refractivity contribution in [3.8, 4) is 5.75 Å². The van der Waals surface area contributed by atoms with E-state index < -0.39 is 0 Å². The predicted octanol–water partition coefficient (Wildman–Crippen LogP) is 4.31. The standard InChI is InChI=1S/C24H35N5O.HI/c1-25-23(29-14-11-19(17-29)20-15-27-28(2)16-20)26-18-24(12-5-4-6-13-24)21-7-9-22(30-3)10-8-21;/h7-10,15-16,19H,4-6,11-14,17-18H2,1-3H3,(H,25,26);1H. The molecule has 6 nitrogen and oxygen atoms in total. The molecule has 0 amide bonds. The number of halogens is 1. The van der Waals surface area contributed by atoms with Crippen LogP contribution < -0.4 is 10.1 Å². The van der Waals surface area contributed by atoms with E-state index in [1.54, 1.807) is 7.11 Å². The lowest BCUT2D eigenvalue weighted by atomic mass is 9.69. The number of methoxy groups -OCH3 is 1. The number of ether oxygens (including phenoxy) is 1. The third-order valence-corrected chi connectivity index (χ3v) is 6.99. The number of aryl methyl sites for hydroxylation is 1. The molecular formula is C24H36IN5O. The van der Waals surface area contributed by atoms with Gasteiger partial charge in [-0.3, -0.25) is 9.67 Å². The van der Waals surface area contributed by atoms with Crippen molar-refractivity contribution in [2.45, 2.75) is 49.9 Å². The van der Waals surface area contributed by atoms with Crippen LogP contribution in [0.25, 0.3) is 0 Å². The average molecular weight is 537 g/mol. The quantitative estimate of drug-likeness (QED) is 0.351. The van der Waals surface area contributed by atoms with Crippen LogP contribution in [-0.4, -0.2) is 54.4 Å². The molecule has 0 radical (unpaired) electrons. The zero-order chi connectivity index (χ0) is 21.0. The second-order valence-corrected chi connectivity index (χ2v) is 8.85. The van der Waals surface area contributed by atoms with Crippen molar-refractivity contribution in [2.24, 2.45) is 12.0 Å². The first kappa shape index (κ1) is 23.9. The number of guanidine groups is 1. The summed E-state index contributed by atoms with van der Waals surface area (Å²) in [6.07, 6.45) is 11.7. The monoisotopic (exact) mass is 537 g/mol. The average Bonchev–Trinajstić information content (AvgIpc) is 3.44. The van der Waals surface area contributed by atoms with E-state index in [9.17, 15) is 0 Å². The molecule has 1 aromatic carbocycles. The van der Waals surface area contributed by atoms with Gasteiger partial charge in [0.25, 0.3) is 0 Å². The number of aliphatic imine (C=N–C) groups is 1. The van der Waals surface area contributed by atoms with Crippen LogP contribution in [0.2, 0.25) is 0 Å². The van der Waals surface area contributed by atoms with Crippen LogP contribution in [0, 0.1) is 0 Å². The topological polar surface area (TPSA) is 54.7 Å². The molecule has 1 unspecified atom stereocenters. The van der Waals surface area contributed by atoms with Crippen molar-refractivity contribution in [1.29, 1.82) is 0 Å². The Morgan fingerprint density at radius 2 is 1.97 bits per heavy atom. The van der Waals surface area contributed by atoms with Crippen molar-refractivity contribution < 1.29 is 4.74 Å². The van der Waals surface area contributed by atoms with E-state index in [2.05, 4.69) is 50.8 Å². The second kappa shape index (κ2) is 10.7. The highest BCUT2D eigenvalue weighted by molar-refractivity contribution is 14.0. The van der Waals surface area contributed by atoms with Gasteiger partial charge in [-0.1, -0.05) is 31.4 Å². The summed E-state index contributed by atoms with van der Waals surface area (Å²) >= 11 is 0. The lowest BCUT2D eigenvalue weighted by Gasteiger charge is -2.39. The number of hydrogen-bond acceptors (Lipinski definition) is 3. The molecule has 1 atom stereocenters. The van der Waals surface area contributed by atoms with Gasteiger partial charge in [-0.25, -0.2) is 0 Å². The van der Waals surface area contributed by atoms with Crippen LogP contribution in [0.1, 0.15) is 55.6 Å². The Morgan fingerprint density at radius 1 is 1.23 bits per heavy atom. The number of rotatable bonds is 5. The summed E-state index contributed by atoms with van der Waals surface area (Å²) in [6.45, 7) is 2.97. The third kappa shape index (κ3) is 5.35. The highest BCUT2D eigenvalue weighted by atomic mass is 127. The van der Waals surface area contributed by atoms with E-state index in [0.717, 1.165) is 37.8 Å². The molecule has 0 spiro atoms. The summed E-state index contributed by atoms with van der Waals surface area (Å²) in [4.78, 5) is 7.04. The van der Waals surface area contributed by atoms with E-state index in [-0.39, 0.29) is 29.4 Å². The van der Waals surface area contributed by atoms with Gasteiger partial charge in [0.1, 0.15) is 5.75 Å². The molecule has 170 valence electrons. The fourth-order valence-corrected chi connectivity index (χ4v) is 5.20. The highest BCUT2D eigenvalue weighted by Gasteiger charge is 2.35. The van der Waals surface area contributed by atoms with Crippen LogP contribution in [-0.2, 0) is 12.5 Å². The maximum Gasteiger partial charge on any atom is 0.193 e. The van der Waals surface area contributed by atoms with Crippen molar-refractivity contribution in [1.82, 2.24) is 20.0 Å². The fraction of sp³-hybridized carbons (Fsp3) is 0.583. The lowest BCUT2D eigenvalue weighted by Crippen LogP contribution is -2.47. The van der Waals surface area contributed by atoms with Crippen LogP contribution >= 0.6 is 24.0 Å². The Labute approximate surface area is 203 Å². The SMILES string of the molecule is CN=C(NCC1(c2ccc(OC)cc2)CCCCC1)N1CCC(c2cnn(C)c2)C1.I. The molecule has 1 aliphatic carbocycles. The number of hydrogen-bond donors (Lipinski definition) is 1. The molecule has 7 heteroatoms. The molecule has 1 aliphatic heterocycles. The summed E-state index contributed by atoms with van der Waals surface area (Å²) in [6, 6.07) is 8.70. The highest BCUT2D eigenvalue weighted by Crippen LogP contribution is 2.39. The summed E-state index contributed by atoms with van der Waals surface area (Å²) < 4.78 is 7.27. The summed E-state index contributed by atoms with van der Waals surface area (Å²) in [7, 11) is 5.62. The van der Waals surface area contributed by atoms with Gasteiger partial charge in [0, 0.05) is 51.3 Å². The Kier molecular flexibility index (Phi) is 8.24.